The number of amides is 2. The third-order valence-corrected chi connectivity index (χ3v) is 4.98. The highest BCUT2D eigenvalue weighted by Crippen LogP contribution is 2.19. The highest BCUT2D eigenvalue weighted by Gasteiger charge is 2.28. The lowest BCUT2D eigenvalue weighted by atomic mass is 9.97. The van der Waals surface area contributed by atoms with Crippen LogP contribution in [0, 0.1) is 12.8 Å². The van der Waals surface area contributed by atoms with Gasteiger partial charge in [-0.1, -0.05) is 17.7 Å². The Balaban J connectivity index is 1.51. The molecule has 0 spiro atoms. The molecule has 142 valence electrons. The first kappa shape index (κ1) is 19.4. The number of pyridine rings is 1. The maximum atomic E-state index is 12.5. The van der Waals surface area contributed by atoms with Crippen LogP contribution in [0.25, 0.3) is 0 Å². The fourth-order valence-electron chi connectivity index (χ4n) is 2.97. The fraction of sp³-hybridized carbons (Fsp3) is 0.350. The largest absolute Gasteiger partial charge is 0.484 e. The van der Waals surface area contributed by atoms with Gasteiger partial charge in [-0.15, -0.1) is 0 Å². The lowest BCUT2D eigenvalue weighted by Gasteiger charge is -2.32. The summed E-state index contributed by atoms with van der Waals surface area (Å²) in [5.41, 5.74) is 1.14. The quantitative estimate of drug-likeness (QED) is 0.786. The molecule has 6 nitrogen and oxygen atoms in total. The second-order valence-corrected chi connectivity index (χ2v) is 7.55. The molecule has 0 saturated carbocycles. The summed E-state index contributed by atoms with van der Waals surface area (Å²) in [5.74, 6) is 0.722. The number of carbonyl (C=O) groups is 2. The van der Waals surface area contributed by atoms with Crippen LogP contribution < -0.4 is 10.1 Å². The average Bonchev–Trinajstić information content (AvgIpc) is 2.69. The maximum Gasteiger partial charge on any atom is 0.260 e. The van der Waals surface area contributed by atoms with E-state index < -0.39 is 0 Å². The van der Waals surface area contributed by atoms with Gasteiger partial charge in [0.1, 0.15) is 11.6 Å². The predicted molar refractivity (Wildman–Crippen MR) is 107 cm³/mol. The van der Waals surface area contributed by atoms with Crippen LogP contribution in [0.4, 0.5) is 5.82 Å². The van der Waals surface area contributed by atoms with Crippen molar-refractivity contribution in [3.8, 4) is 5.75 Å². The Morgan fingerprint density at radius 1 is 1.26 bits per heavy atom. The number of hydrogen-bond donors (Lipinski definition) is 1. The molecule has 27 heavy (non-hydrogen) atoms. The zero-order valence-electron chi connectivity index (χ0n) is 15.2. The number of nitrogens with one attached hydrogen (secondary N) is 1. The van der Waals surface area contributed by atoms with Crippen molar-refractivity contribution in [2.75, 3.05) is 25.0 Å². The molecule has 1 aliphatic rings. The number of halogens is 1. The number of nitrogens with zero attached hydrogens (tertiary/aromatic N) is 2. The van der Waals surface area contributed by atoms with Crippen molar-refractivity contribution in [2.24, 2.45) is 5.92 Å². The zero-order valence-corrected chi connectivity index (χ0v) is 16.7. The van der Waals surface area contributed by atoms with Crippen molar-refractivity contribution in [1.82, 2.24) is 9.88 Å². The second-order valence-electron chi connectivity index (χ2n) is 6.63. The first-order valence-corrected chi connectivity index (χ1v) is 9.70. The van der Waals surface area contributed by atoms with Gasteiger partial charge in [0.25, 0.3) is 5.91 Å². The lowest BCUT2D eigenvalue weighted by molar-refractivity contribution is -0.136. The molecule has 1 N–H and O–H groups in total. The zero-order chi connectivity index (χ0) is 19.2. The molecule has 1 aromatic heterocycles. The van der Waals surface area contributed by atoms with Crippen molar-refractivity contribution in [2.45, 2.75) is 19.8 Å². The SMILES string of the molecule is Cc1ccc(OCC(=O)N2CCCC(C(=O)Nc3ccc(Br)cn3)C2)cc1. The third-order valence-electron chi connectivity index (χ3n) is 4.51. The van der Waals surface area contributed by atoms with Gasteiger partial charge < -0.3 is 15.0 Å². The van der Waals surface area contributed by atoms with Crippen molar-refractivity contribution in [3.05, 3.63) is 52.6 Å². The minimum atomic E-state index is -0.243. The summed E-state index contributed by atoms with van der Waals surface area (Å²) in [6.45, 7) is 3.03. The van der Waals surface area contributed by atoms with Crippen molar-refractivity contribution < 1.29 is 14.3 Å². The van der Waals surface area contributed by atoms with E-state index in [0.717, 1.165) is 22.9 Å². The minimum absolute atomic E-state index is 0.0222. The first-order valence-electron chi connectivity index (χ1n) is 8.91. The molecule has 0 aliphatic carbocycles. The number of carbonyl (C=O) groups excluding carboxylic acids is 2. The summed E-state index contributed by atoms with van der Waals surface area (Å²) in [4.78, 5) is 30.8. The van der Waals surface area contributed by atoms with E-state index >= 15 is 0 Å². The summed E-state index contributed by atoms with van der Waals surface area (Å²) in [7, 11) is 0. The normalized spacial score (nSPS) is 16.7. The Morgan fingerprint density at radius 2 is 2.04 bits per heavy atom. The Hall–Kier alpha value is -2.41. The molecule has 1 aromatic carbocycles. The molecule has 2 aromatic rings. The van der Waals surface area contributed by atoms with Crippen LogP contribution in [0.1, 0.15) is 18.4 Å². The van der Waals surface area contributed by atoms with Crippen LogP contribution in [0.15, 0.2) is 47.1 Å². The van der Waals surface area contributed by atoms with Gasteiger partial charge in [-0.25, -0.2) is 4.98 Å². The third kappa shape index (κ3) is 5.53. The van der Waals surface area contributed by atoms with Gasteiger partial charge in [0, 0.05) is 23.8 Å². The topological polar surface area (TPSA) is 71.5 Å². The fourth-order valence-corrected chi connectivity index (χ4v) is 3.20. The number of ether oxygens (including phenoxy) is 1. The van der Waals surface area contributed by atoms with E-state index in [1.54, 1.807) is 17.2 Å². The number of aromatic nitrogens is 1. The number of piperidine rings is 1. The summed E-state index contributed by atoms with van der Waals surface area (Å²) >= 11 is 3.32. The molecular formula is C20H22BrN3O3. The Morgan fingerprint density at radius 3 is 2.74 bits per heavy atom. The minimum Gasteiger partial charge on any atom is -0.484 e. The molecule has 0 radical (unpaired) electrons. The van der Waals surface area contributed by atoms with Gasteiger partial charge in [0.2, 0.25) is 5.91 Å². The smallest absolute Gasteiger partial charge is 0.260 e. The maximum absolute atomic E-state index is 12.5. The molecule has 1 unspecified atom stereocenters. The highest BCUT2D eigenvalue weighted by molar-refractivity contribution is 9.10. The van der Waals surface area contributed by atoms with E-state index in [0.29, 0.717) is 24.7 Å². The van der Waals surface area contributed by atoms with Crippen molar-refractivity contribution >= 4 is 33.6 Å². The molecule has 2 heterocycles. The molecule has 2 amide bonds. The number of hydrogen-bond acceptors (Lipinski definition) is 4. The molecular weight excluding hydrogens is 410 g/mol. The van der Waals surface area contributed by atoms with E-state index in [1.807, 2.05) is 37.3 Å². The van der Waals surface area contributed by atoms with E-state index in [2.05, 4.69) is 26.2 Å². The van der Waals surface area contributed by atoms with Crippen LogP contribution in [-0.4, -0.2) is 41.4 Å². The van der Waals surface area contributed by atoms with Gasteiger partial charge in [-0.2, -0.15) is 0 Å². The van der Waals surface area contributed by atoms with Gasteiger partial charge in [-0.05, 0) is 60.0 Å². The van der Waals surface area contributed by atoms with Gasteiger partial charge >= 0.3 is 0 Å². The Kier molecular flexibility index (Phi) is 6.45. The monoisotopic (exact) mass is 431 g/mol. The Labute approximate surface area is 167 Å². The first-order chi connectivity index (χ1) is 13.0. The predicted octanol–water partition coefficient (Wildman–Crippen LogP) is 3.41. The van der Waals surface area contributed by atoms with Crippen LogP contribution in [0.3, 0.4) is 0 Å². The van der Waals surface area contributed by atoms with E-state index in [4.69, 9.17) is 4.74 Å². The molecule has 0 bridgehead atoms. The standard InChI is InChI=1S/C20H22BrN3O3/c1-14-4-7-17(8-5-14)27-13-19(25)24-10-2-3-15(12-24)20(26)23-18-9-6-16(21)11-22-18/h4-9,11,15H,2-3,10,12-13H2,1H3,(H,22,23,26). The van der Waals surface area contributed by atoms with Crippen LogP contribution in [0.2, 0.25) is 0 Å². The molecule has 1 aliphatic heterocycles. The molecule has 1 atom stereocenters. The number of rotatable bonds is 5. The number of likely N-dealkylation sites (tertiary alicyclic amines) is 1. The number of benzene rings is 1. The summed E-state index contributed by atoms with van der Waals surface area (Å²) < 4.78 is 6.42. The van der Waals surface area contributed by atoms with E-state index in [-0.39, 0.29) is 24.3 Å². The average molecular weight is 432 g/mol. The molecule has 3 rings (SSSR count). The van der Waals surface area contributed by atoms with Crippen molar-refractivity contribution in [3.63, 3.8) is 0 Å². The van der Waals surface area contributed by atoms with E-state index in [9.17, 15) is 9.59 Å². The van der Waals surface area contributed by atoms with E-state index in [1.165, 1.54) is 0 Å². The molecule has 1 saturated heterocycles. The highest BCUT2D eigenvalue weighted by atomic mass is 79.9. The number of aryl methyl sites for hydroxylation is 1. The summed E-state index contributed by atoms with van der Waals surface area (Å²) in [6, 6.07) is 11.1. The van der Waals surface area contributed by atoms with Crippen LogP contribution >= 0.6 is 15.9 Å². The summed E-state index contributed by atoms with van der Waals surface area (Å²) in [6.07, 6.45) is 3.18. The Bertz CT molecular complexity index is 793. The lowest BCUT2D eigenvalue weighted by Crippen LogP contribution is -2.45. The van der Waals surface area contributed by atoms with Crippen molar-refractivity contribution in [1.29, 1.82) is 0 Å². The number of anilines is 1. The van der Waals surface area contributed by atoms with Gasteiger partial charge in [0.05, 0.1) is 5.92 Å². The van der Waals surface area contributed by atoms with Gasteiger partial charge in [0.15, 0.2) is 6.61 Å². The molecule has 7 heteroatoms. The van der Waals surface area contributed by atoms with Crippen LogP contribution in [0.5, 0.6) is 5.75 Å². The molecule has 1 fully saturated rings. The van der Waals surface area contributed by atoms with Gasteiger partial charge in [-0.3, -0.25) is 9.59 Å². The summed E-state index contributed by atoms with van der Waals surface area (Å²) in [5, 5.41) is 2.82. The second kappa shape index (κ2) is 8.99. The van der Waals surface area contributed by atoms with Crippen LogP contribution in [-0.2, 0) is 9.59 Å².